The number of carbonyl (C=O) groups is 1. The summed E-state index contributed by atoms with van der Waals surface area (Å²) in [5.41, 5.74) is 5.34. The predicted molar refractivity (Wildman–Crippen MR) is 249 cm³/mol. The van der Waals surface area contributed by atoms with Gasteiger partial charge in [-0.25, -0.2) is 0 Å². The van der Waals surface area contributed by atoms with Crippen molar-refractivity contribution in [1.82, 2.24) is 0 Å². The van der Waals surface area contributed by atoms with E-state index >= 15 is 0 Å². The number of carboxylic acid groups (broad SMARTS) is 1. The van der Waals surface area contributed by atoms with Crippen LogP contribution in [0.2, 0.25) is 54.4 Å². The van der Waals surface area contributed by atoms with Gasteiger partial charge in [0, 0.05) is 18.9 Å². The van der Waals surface area contributed by atoms with Gasteiger partial charge in [-0.3, -0.25) is 4.79 Å². The Labute approximate surface area is 363 Å². The zero-order valence-electron chi connectivity index (χ0n) is 39.8. The molecule has 340 valence electrons. The molecule has 0 aliphatic carbocycles. The van der Waals surface area contributed by atoms with E-state index in [2.05, 4.69) is 114 Å². The molecule has 3 aliphatic rings. The molecular formula is C47H86O9Si3. The smallest absolute Gasteiger partial charge is 0.305 e. The van der Waals surface area contributed by atoms with Crippen molar-refractivity contribution in [3.63, 3.8) is 0 Å². The maximum atomic E-state index is 11.6. The van der Waals surface area contributed by atoms with Crippen LogP contribution in [0.1, 0.15) is 133 Å². The van der Waals surface area contributed by atoms with Crippen LogP contribution in [-0.2, 0) is 32.3 Å². The average molecular weight is 879 g/mol. The third-order valence-electron chi connectivity index (χ3n) is 14.5. The molecule has 6 unspecified atom stereocenters. The Bertz CT molecular complexity index is 1430. The molecule has 0 aromatic rings. The van der Waals surface area contributed by atoms with Crippen LogP contribution < -0.4 is 0 Å². The molecule has 12 heteroatoms. The van der Waals surface area contributed by atoms with E-state index in [1.165, 1.54) is 0 Å². The number of aliphatic carboxylic acids is 1. The number of ether oxygens (including phenoxy) is 3. The molecule has 3 heterocycles. The molecule has 0 bridgehead atoms. The quantitative estimate of drug-likeness (QED) is 0.0623. The monoisotopic (exact) mass is 879 g/mol. The molecular weight excluding hydrogens is 793 g/mol. The lowest BCUT2D eigenvalue weighted by atomic mass is 9.89. The Hall–Kier alpha value is -1.16. The minimum Gasteiger partial charge on any atom is -0.481 e. The highest BCUT2D eigenvalue weighted by Gasteiger charge is 2.51. The molecule has 9 nitrogen and oxygen atoms in total. The topological polar surface area (TPSA) is 113 Å². The number of rotatable bonds is 22. The lowest BCUT2D eigenvalue weighted by molar-refractivity contribution is -0.229. The van der Waals surface area contributed by atoms with Crippen molar-refractivity contribution < 1.29 is 42.5 Å². The normalized spacial score (nSPS) is 27.6. The highest BCUT2D eigenvalue weighted by molar-refractivity contribution is 6.74. The second-order valence-corrected chi connectivity index (χ2v) is 35.2. The lowest BCUT2D eigenvalue weighted by Gasteiger charge is -2.51. The number of fused-ring (bicyclic) bond motifs is 1. The molecule has 0 amide bonds. The van der Waals surface area contributed by atoms with Gasteiger partial charge >= 0.3 is 5.97 Å². The predicted octanol–water partition coefficient (Wildman–Crippen LogP) is 11.6. The molecule has 59 heavy (non-hydrogen) atoms. The summed E-state index contributed by atoms with van der Waals surface area (Å²) >= 11 is 0. The van der Waals surface area contributed by atoms with Crippen LogP contribution in [0.25, 0.3) is 0 Å². The molecule has 10 atom stereocenters. The Kier molecular flexibility index (Phi) is 19.4. The van der Waals surface area contributed by atoms with E-state index in [0.29, 0.717) is 19.3 Å². The van der Waals surface area contributed by atoms with Gasteiger partial charge in [0.15, 0.2) is 25.0 Å². The number of hydrogen-bond acceptors (Lipinski definition) is 8. The Morgan fingerprint density at radius 3 is 2.07 bits per heavy atom. The first-order valence-electron chi connectivity index (χ1n) is 22.9. The summed E-state index contributed by atoms with van der Waals surface area (Å²) in [4.78, 5) is 11.6. The fraction of sp³-hybridized carbons (Fsp3) is 0.830. The Morgan fingerprint density at radius 1 is 0.881 bits per heavy atom. The van der Waals surface area contributed by atoms with Crippen LogP contribution in [0.15, 0.2) is 42.2 Å². The van der Waals surface area contributed by atoms with Crippen molar-refractivity contribution in [3.05, 3.63) is 42.2 Å². The van der Waals surface area contributed by atoms with Crippen LogP contribution in [0, 0.1) is 0 Å². The van der Waals surface area contributed by atoms with E-state index < -0.39 is 49.2 Å². The zero-order chi connectivity index (χ0) is 44.6. The summed E-state index contributed by atoms with van der Waals surface area (Å²) in [6.07, 6.45) is 8.03. The van der Waals surface area contributed by atoms with Gasteiger partial charge in [0.25, 0.3) is 0 Å². The van der Waals surface area contributed by atoms with Gasteiger partial charge in [0.2, 0.25) is 0 Å². The second kappa shape index (κ2) is 22.0. The second-order valence-electron chi connectivity index (χ2n) is 21.0. The summed E-state index contributed by atoms with van der Waals surface area (Å²) in [5.74, 6) is -0.849. The maximum absolute atomic E-state index is 11.6. The Balaban J connectivity index is 1.77. The molecule has 2 N–H and O–H groups in total. The van der Waals surface area contributed by atoms with Gasteiger partial charge in [0.05, 0.1) is 55.3 Å². The molecule has 0 saturated carbocycles. The molecule has 3 rings (SSSR count). The van der Waals surface area contributed by atoms with E-state index in [4.69, 9.17) is 27.5 Å². The van der Waals surface area contributed by atoms with Crippen LogP contribution >= 0.6 is 0 Å². The number of aliphatic hydroxyl groups excluding tert-OH is 1. The molecule has 3 fully saturated rings. The SMILES string of the molecule is C=C=C(C)CC(CC[C@@H]1OC(CCC(O)/C=C/C(O[Si](C)(C)C(C)(C)C)[C@@H]2O[C@H]3CCC(CC(=O)O)O[C@@H]3CC2O[Si](C)(C)C(C)(C)C)CC1=C)O[Si](CC)(CC)CC. The third kappa shape index (κ3) is 15.0. The molecule has 0 aromatic heterocycles. The van der Waals surface area contributed by atoms with E-state index in [1.54, 1.807) is 0 Å². The summed E-state index contributed by atoms with van der Waals surface area (Å²) in [5, 5.41) is 20.9. The fourth-order valence-corrected chi connectivity index (χ4v) is 13.7. The zero-order valence-corrected chi connectivity index (χ0v) is 42.8. The summed E-state index contributed by atoms with van der Waals surface area (Å²) < 4.78 is 41.3. The first-order chi connectivity index (χ1) is 27.3. The molecule has 3 saturated heterocycles. The standard InChI is InChI=1S/C47H86O9Si3/c1-17-33(5)29-38(54-59(18-2,19-3)20-4)25-27-39-34(6)30-36(51-39)23-21-35(48)22-26-41(55-57(13,14)46(7,8)9)45-43(56-58(15,16)47(10,11)12)32-42-40(53-45)28-24-37(52-42)31-44(49)50/h22,26,35-43,45,48H,1,6,18-21,23-25,27-32H2,2-5,7-16H3,(H,49,50)/b26-22+/t35?,36?,37?,38?,39-,40-,41?,42+,43?,45-/m0/s1. The van der Waals surface area contributed by atoms with Crippen molar-refractivity contribution in [3.8, 4) is 0 Å². The molecule has 3 aliphatic heterocycles. The van der Waals surface area contributed by atoms with Crippen molar-refractivity contribution in [2.24, 2.45) is 0 Å². The van der Waals surface area contributed by atoms with Crippen molar-refractivity contribution in [1.29, 1.82) is 0 Å². The molecule has 0 radical (unpaired) electrons. The van der Waals surface area contributed by atoms with Crippen molar-refractivity contribution >= 4 is 30.9 Å². The number of aliphatic hydroxyl groups is 1. The average Bonchev–Trinajstić information content (AvgIpc) is 3.50. The van der Waals surface area contributed by atoms with Gasteiger partial charge in [0.1, 0.15) is 6.10 Å². The first-order valence-corrected chi connectivity index (χ1v) is 31.2. The highest BCUT2D eigenvalue weighted by Crippen LogP contribution is 2.44. The van der Waals surface area contributed by atoms with Gasteiger partial charge in [-0.2, -0.15) is 0 Å². The van der Waals surface area contributed by atoms with Crippen molar-refractivity contribution in [2.45, 2.75) is 249 Å². The summed E-state index contributed by atoms with van der Waals surface area (Å²) in [6.45, 7) is 39.6. The van der Waals surface area contributed by atoms with Gasteiger partial charge in [-0.15, -0.1) is 5.73 Å². The van der Waals surface area contributed by atoms with Gasteiger partial charge in [-0.05, 0) is 117 Å². The first kappa shape index (κ1) is 52.2. The number of hydrogen-bond donors (Lipinski definition) is 2. The maximum Gasteiger partial charge on any atom is 0.305 e. The van der Waals surface area contributed by atoms with Crippen LogP contribution in [0.3, 0.4) is 0 Å². The van der Waals surface area contributed by atoms with E-state index in [1.807, 2.05) is 12.2 Å². The van der Waals surface area contributed by atoms with Crippen LogP contribution in [-0.4, -0.2) is 102 Å². The Morgan fingerprint density at radius 2 is 1.51 bits per heavy atom. The minimum absolute atomic E-state index is 0.0107. The fourth-order valence-electron chi connectivity index (χ4n) is 8.23. The van der Waals surface area contributed by atoms with Gasteiger partial charge in [-0.1, -0.05) is 87.6 Å². The van der Waals surface area contributed by atoms with E-state index in [0.717, 1.165) is 67.8 Å². The van der Waals surface area contributed by atoms with Crippen LogP contribution in [0.5, 0.6) is 0 Å². The largest absolute Gasteiger partial charge is 0.481 e. The third-order valence-corrected chi connectivity index (χ3v) is 28.2. The van der Waals surface area contributed by atoms with Crippen LogP contribution in [0.4, 0.5) is 0 Å². The summed E-state index contributed by atoms with van der Waals surface area (Å²) in [7, 11) is -6.38. The van der Waals surface area contributed by atoms with E-state index in [-0.39, 0.29) is 59.2 Å². The minimum atomic E-state index is -2.32. The molecule has 0 aromatic carbocycles. The molecule has 0 spiro atoms. The summed E-state index contributed by atoms with van der Waals surface area (Å²) in [6, 6.07) is 3.36. The van der Waals surface area contributed by atoms with Gasteiger partial charge < -0.3 is 37.7 Å². The van der Waals surface area contributed by atoms with Crippen molar-refractivity contribution in [2.75, 3.05) is 0 Å². The lowest BCUT2D eigenvalue weighted by Crippen LogP contribution is -2.60. The number of carboxylic acids is 1. The van der Waals surface area contributed by atoms with E-state index in [9.17, 15) is 15.0 Å². The highest BCUT2D eigenvalue weighted by atomic mass is 28.4.